The van der Waals surface area contributed by atoms with Crippen LogP contribution in [0.25, 0.3) is 0 Å². The molecule has 7 nitrogen and oxygen atoms in total. The molecule has 1 aliphatic carbocycles. The standard InChI is InChI=1S/C13H18ClN5O2/c14-13-15-9-11(19(20)21)12(16-13)18-7-5-17(6-8-18)10-3-1-2-4-10/h9-10H,1-8H2. The molecule has 1 aromatic rings. The van der Waals surface area contributed by atoms with Gasteiger partial charge in [-0.1, -0.05) is 12.8 Å². The van der Waals surface area contributed by atoms with Crippen molar-refractivity contribution < 1.29 is 4.92 Å². The van der Waals surface area contributed by atoms with Crippen LogP contribution in [0.5, 0.6) is 0 Å². The lowest BCUT2D eigenvalue weighted by atomic mass is 10.2. The highest BCUT2D eigenvalue weighted by atomic mass is 35.5. The van der Waals surface area contributed by atoms with Gasteiger partial charge in [-0.15, -0.1) is 0 Å². The summed E-state index contributed by atoms with van der Waals surface area (Å²) in [6.45, 7) is 3.32. The molecule has 8 heteroatoms. The van der Waals surface area contributed by atoms with E-state index in [1.54, 1.807) is 0 Å². The number of nitrogens with zero attached hydrogens (tertiary/aromatic N) is 5. The van der Waals surface area contributed by atoms with Crippen LogP contribution in [0.1, 0.15) is 25.7 Å². The molecule has 1 saturated heterocycles. The topological polar surface area (TPSA) is 75.4 Å². The number of rotatable bonds is 3. The molecule has 0 atom stereocenters. The van der Waals surface area contributed by atoms with Crippen molar-refractivity contribution in [2.24, 2.45) is 0 Å². The Kier molecular flexibility index (Phi) is 4.21. The van der Waals surface area contributed by atoms with Crippen LogP contribution >= 0.6 is 11.6 Å². The van der Waals surface area contributed by atoms with Crippen molar-refractivity contribution >= 4 is 23.1 Å². The molecule has 2 fully saturated rings. The summed E-state index contributed by atoms with van der Waals surface area (Å²) in [5.41, 5.74) is -0.0753. The Bertz CT molecular complexity index is 527. The van der Waals surface area contributed by atoms with Crippen LogP contribution in [0.3, 0.4) is 0 Å². The van der Waals surface area contributed by atoms with Gasteiger partial charge in [0, 0.05) is 32.2 Å². The number of nitro groups is 1. The first-order chi connectivity index (χ1) is 10.1. The fraction of sp³-hybridized carbons (Fsp3) is 0.692. The second-order valence-electron chi connectivity index (χ2n) is 5.57. The molecule has 0 bridgehead atoms. The second-order valence-corrected chi connectivity index (χ2v) is 5.90. The first kappa shape index (κ1) is 14.5. The molecule has 0 unspecified atom stereocenters. The van der Waals surface area contributed by atoms with E-state index < -0.39 is 4.92 Å². The van der Waals surface area contributed by atoms with E-state index in [4.69, 9.17) is 11.6 Å². The minimum atomic E-state index is -0.449. The summed E-state index contributed by atoms with van der Waals surface area (Å²) in [7, 11) is 0. The molecule has 0 aromatic carbocycles. The van der Waals surface area contributed by atoms with Crippen molar-refractivity contribution in [2.75, 3.05) is 31.1 Å². The van der Waals surface area contributed by atoms with E-state index in [9.17, 15) is 10.1 Å². The molecule has 1 aliphatic heterocycles. The SMILES string of the molecule is O=[N+]([O-])c1cnc(Cl)nc1N1CCN(C2CCCC2)CC1. The normalized spacial score (nSPS) is 20.9. The predicted octanol–water partition coefficient (Wildman–Crippen LogP) is 2.10. The Morgan fingerprint density at radius 1 is 1.24 bits per heavy atom. The van der Waals surface area contributed by atoms with Gasteiger partial charge in [0.2, 0.25) is 11.1 Å². The van der Waals surface area contributed by atoms with Gasteiger partial charge in [-0.05, 0) is 24.4 Å². The molecular formula is C13H18ClN5O2. The fourth-order valence-electron chi connectivity index (χ4n) is 3.28. The van der Waals surface area contributed by atoms with Gasteiger partial charge in [-0.3, -0.25) is 15.0 Å². The minimum absolute atomic E-state index is 0.0498. The average molecular weight is 312 g/mol. The maximum absolute atomic E-state index is 11.1. The Morgan fingerprint density at radius 2 is 1.90 bits per heavy atom. The third-order valence-electron chi connectivity index (χ3n) is 4.37. The Labute approximate surface area is 128 Å². The van der Waals surface area contributed by atoms with Gasteiger partial charge >= 0.3 is 5.69 Å². The first-order valence-electron chi connectivity index (χ1n) is 7.31. The summed E-state index contributed by atoms with van der Waals surface area (Å²) in [5.74, 6) is 0.339. The average Bonchev–Trinajstić information content (AvgIpc) is 3.01. The van der Waals surface area contributed by atoms with Crippen LogP contribution in [0.2, 0.25) is 5.28 Å². The predicted molar refractivity (Wildman–Crippen MR) is 79.7 cm³/mol. The zero-order valence-corrected chi connectivity index (χ0v) is 12.5. The largest absolute Gasteiger partial charge is 0.348 e. The lowest BCUT2D eigenvalue weighted by Crippen LogP contribution is -2.50. The molecule has 2 aliphatic rings. The number of hydrogen-bond acceptors (Lipinski definition) is 6. The molecule has 0 amide bonds. The Morgan fingerprint density at radius 3 is 2.52 bits per heavy atom. The molecule has 1 aromatic heterocycles. The minimum Gasteiger partial charge on any atom is -0.348 e. The zero-order valence-electron chi connectivity index (χ0n) is 11.7. The molecule has 0 N–H and O–H groups in total. The Balaban J connectivity index is 1.71. The summed E-state index contributed by atoms with van der Waals surface area (Å²) in [4.78, 5) is 22.9. The van der Waals surface area contributed by atoms with Gasteiger partial charge in [0.05, 0.1) is 4.92 Å². The highest BCUT2D eigenvalue weighted by Gasteiger charge is 2.29. The molecule has 114 valence electrons. The summed E-state index contributed by atoms with van der Waals surface area (Å²) in [5, 5.41) is 11.1. The van der Waals surface area contributed by atoms with Crippen molar-refractivity contribution in [1.29, 1.82) is 0 Å². The Hall–Kier alpha value is -1.47. The van der Waals surface area contributed by atoms with Gasteiger partial charge < -0.3 is 4.90 Å². The first-order valence-corrected chi connectivity index (χ1v) is 7.69. The molecule has 2 heterocycles. The maximum Gasteiger partial charge on any atom is 0.329 e. The quantitative estimate of drug-likeness (QED) is 0.483. The van der Waals surface area contributed by atoms with Crippen LogP contribution in [-0.2, 0) is 0 Å². The third-order valence-corrected chi connectivity index (χ3v) is 4.55. The van der Waals surface area contributed by atoms with Crippen molar-refractivity contribution in [3.05, 3.63) is 21.6 Å². The van der Waals surface area contributed by atoms with E-state index in [0.29, 0.717) is 11.9 Å². The molecular weight excluding hydrogens is 294 g/mol. The lowest BCUT2D eigenvalue weighted by Gasteiger charge is -2.38. The van der Waals surface area contributed by atoms with Gasteiger partial charge in [-0.2, -0.15) is 4.98 Å². The summed E-state index contributed by atoms with van der Waals surface area (Å²) < 4.78 is 0. The number of hydrogen-bond donors (Lipinski definition) is 0. The van der Waals surface area contributed by atoms with E-state index in [2.05, 4.69) is 14.9 Å². The summed E-state index contributed by atoms with van der Waals surface area (Å²) >= 11 is 5.79. The molecule has 0 spiro atoms. The van der Waals surface area contributed by atoms with Crippen LogP contribution in [0.15, 0.2) is 6.20 Å². The lowest BCUT2D eigenvalue weighted by molar-refractivity contribution is -0.384. The second kappa shape index (κ2) is 6.11. The molecule has 21 heavy (non-hydrogen) atoms. The highest BCUT2D eigenvalue weighted by Crippen LogP contribution is 2.29. The monoisotopic (exact) mass is 311 g/mol. The number of halogens is 1. The van der Waals surface area contributed by atoms with E-state index in [0.717, 1.165) is 26.2 Å². The smallest absolute Gasteiger partial charge is 0.329 e. The van der Waals surface area contributed by atoms with Crippen LogP contribution in [0.4, 0.5) is 11.5 Å². The number of piperazine rings is 1. The summed E-state index contributed by atoms with van der Waals surface area (Å²) in [6, 6.07) is 0.691. The third kappa shape index (κ3) is 3.08. The fourth-order valence-corrected chi connectivity index (χ4v) is 3.40. The van der Waals surface area contributed by atoms with E-state index in [1.165, 1.54) is 31.9 Å². The van der Waals surface area contributed by atoms with Crippen LogP contribution < -0.4 is 4.90 Å². The van der Waals surface area contributed by atoms with Crippen LogP contribution in [-0.4, -0.2) is 52.0 Å². The highest BCUT2D eigenvalue weighted by molar-refractivity contribution is 6.28. The van der Waals surface area contributed by atoms with E-state index in [1.807, 2.05) is 4.90 Å². The van der Waals surface area contributed by atoms with Gasteiger partial charge in [0.15, 0.2) is 0 Å². The van der Waals surface area contributed by atoms with Crippen molar-refractivity contribution in [3.63, 3.8) is 0 Å². The van der Waals surface area contributed by atoms with Gasteiger partial charge in [0.1, 0.15) is 6.20 Å². The molecule has 3 rings (SSSR count). The van der Waals surface area contributed by atoms with Crippen molar-refractivity contribution in [2.45, 2.75) is 31.7 Å². The molecule has 1 saturated carbocycles. The van der Waals surface area contributed by atoms with Crippen molar-refractivity contribution in [3.8, 4) is 0 Å². The number of aromatic nitrogens is 2. The zero-order chi connectivity index (χ0) is 14.8. The summed E-state index contributed by atoms with van der Waals surface area (Å²) in [6.07, 6.45) is 6.38. The van der Waals surface area contributed by atoms with Crippen LogP contribution in [0, 0.1) is 10.1 Å². The van der Waals surface area contributed by atoms with E-state index >= 15 is 0 Å². The molecule has 0 radical (unpaired) electrons. The number of anilines is 1. The van der Waals surface area contributed by atoms with Crippen molar-refractivity contribution in [1.82, 2.24) is 14.9 Å². The van der Waals surface area contributed by atoms with Gasteiger partial charge in [0.25, 0.3) is 0 Å². The van der Waals surface area contributed by atoms with Gasteiger partial charge in [-0.25, -0.2) is 4.98 Å². The van der Waals surface area contributed by atoms with E-state index in [-0.39, 0.29) is 11.0 Å². The maximum atomic E-state index is 11.1.